The molecule has 1 amide bonds. The molecule has 0 radical (unpaired) electrons. The van der Waals surface area contributed by atoms with Crippen molar-refractivity contribution in [2.45, 2.75) is 13.0 Å². The van der Waals surface area contributed by atoms with E-state index in [0.717, 1.165) is 17.1 Å². The number of benzene rings is 1. The second kappa shape index (κ2) is 7.17. The first-order valence-electron chi connectivity index (χ1n) is 6.63. The molecule has 1 atom stereocenters. The molecule has 0 spiro atoms. The Balaban J connectivity index is 2.19. The fraction of sp³-hybridized carbons (Fsp3) is 0.333. The number of amides is 1. The van der Waals surface area contributed by atoms with Crippen LogP contribution in [0.4, 0.5) is 0 Å². The number of carbonyl (C=O) groups excluding carboxylic acids is 1. The Labute approximate surface area is 128 Å². The summed E-state index contributed by atoms with van der Waals surface area (Å²) in [6.07, 6.45) is 3.57. The van der Waals surface area contributed by atoms with Gasteiger partial charge < -0.3 is 10.1 Å². The second-order valence-electron chi connectivity index (χ2n) is 4.72. The van der Waals surface area contributed by atoms with Crippen LogP contribution in [-0.2, 0) is 0 Å². The van der Waals surface area contributed by atoms with Crippen LogP contribution in [0, 0.1) is 0 Å². The summed E-state index contributed by atoms with van der Waals surface area (Å²) in [6, 6.07) is 7.62. The fourth-order valence-corrected chi connectivity index (χ4v) is 2.61. The van der Waals surface area contributed by atoms with Gasteiger partial charge in [0, 0.05) is 17.4 Å². The maximum absolute atomic E-state index is 12.3. The Kier molecular flexibility index (Phi) is 5.27. The van der Waals surface area contributed by atoms with Gasteiger partial charge in [0.25, 0.3) is 5.91 Å². The van der Waals surface area contributed by atoms with Crippen molar-refractivity contribution in [3.8, 4) is 17.0 Å². The first-order valence-corrected chi connectivity index (χ1v) is 8.02. The molecule has 21 heavy (non-hydrogen) atoms. The highest BCUT2D eigenvalue weighted by molar-refractivity contribution is 7.98. The average molecular weight is 305 g/mol. The molecule has 2 rings (SSSR count). The fourth-order valence-electron chi connectivity index (χ4n) is 2.03. The third-order valence-electron chi connectivity index (χ3n) is 3.06. The first-order chi connectivity index (χ1) is 10.2. The van der Waals surface area contributed by atoms with Gasteiger partial charge in [0.1, 0.15) is 5.75 Å². The number of nitrogens with zero attached hydrogens (tertiary/aromatic N) is 1. The van der Waals surface area contributed by atoms with Crippen LogP contribution in [0.25, 0.3) is 11.3 Å². The van der Waals surface area contributed by atoms with Gasteiger partial charge >= 0.3 is 0 Å². The van der Waals surface area contributed by atoms with Crippen LogP contribution < -0.4 is 10.1 Å². The Bertz CT molecular complexity index is 595. The summed E-state index contributed by atoms with van der Waals surface area (Å²) in [5, 5.41) is 9.85. The number of rotatable bonds is 6. The standard InChI is InChI=1S/C15H19N3O2S/c1-10(9-21-3)17-15(19)13-8-16-18-14(13)11-4-6-12(20-2)7-5-11/h4-8,10H,9H2,1-3H3,(H,16,18)(H,17,19). The molecule has 0 aliphatic carbocycles. The minimum absolute atomic E-state index is 0.115. The number of nitrogens with one attached hydrogen (secondary N) is 2. The molecule has 5 nitrogen and oxygen atoms in total. The van der Waals surface area contributed by atoms with Crippen molar-refractivity contribution in [2.24, 2.45) is 0 Å². The van der Waals surface area contributed by atoms with Crippen molar-refractivity contribution in [3.05, 3.63) is 36.0 Å². The quantitative estimate of drug-likeness (QED) is 0.861. The number of thioether (sulfide) groups is 1. The zero-order valence-corrected chi connectivity index (χ0v) is 13.2. The van der Waals surface area contributed by atoms with E-state index in [1.54, 1.807) is 25.1 Å². The van der Waals surface area contributed by atoms with Crippen molar-refractivity contribution < 1.29 is 9.53 Å². The number of H-pyrrole nitrogens is 1. The van der Waals surface area contributed by atoms with Crippen LogP contribution in [0.15, 0.2) is 30.5 Å². The van der Waals surface area contributed by atoms with E-state index in [-0.39, 0.29) is 11.9 Å². The summed E-state index contributed by atoms with van der Waals surface area (Å²) >= 11 is 1.70. The smallest absolute Gasteiger partial charge is 0.255 e. The van der Waals surface area contributed by atoms with Gasteiger partial charge in [-0.1, -0.05) is 0 Å². The molecular formula is C15H19N3O2S. The van der Waals surface area contributed by atoms with Crippen molar-refractivity contribution in [1.29, 1.82) is 0 Å². The van der Waals surface area contributed by atoms with E-state index in [0.29, 0.717) is 11.3 Å². The number of hydrogen-bond donors (Lipinski definition) is 2. The van der Waals surface area contributed by atoms with Gasteiger partial charge in [0.15, 0.2) is 0 Å². The molecular weight excluding hydrogens is 286 g/mol. The number of hydrogen-bond acceptors (Lipinski definition) is 4. The SMILES string of the molecule is COc1ccc(-c2[nH]ncc2C(=O)NC(C)CSC)cc1. The lowest BCUT2D eigenvalue weighted by molar-refractivity contribution is 0.0944. The van der Waals surface area contributed by atoms with E-state index in [1.165, 1.54) is 0 Å². The van der Waals surface area contributed by atoms with E-state index in [4.69, 9.17) is 4.74 Å². The van der Waals surface area contributed by atoms with Gasteiger partial charge in [-0.15, -0.1) is 0 Å². The Morgan fingerprint density at radius 1 is 1.43 bits per heavy atom. The Morgan fingerprint density at radius 3 is 2.76 bits per heavy atom. The molecule has 1 heterocycles. The lowest BCUT2D eigenvalue weighted by Gasteiger charge is -2.12. The summed E-state index contributed by atoms with van der Waals surface area (Å²) in [4.78, 5) is 12.3. The monoisotopic (exact) mass is 305 g/mol. The number of carbonyl (C=O) groups is 1. The summed E-state index contributed by atoms with van der Waals surface area (Å²) in [6.45, 7) is 1.99. The topological polar surface area (TPSA) is 67.0 Å². The molecule has 0 fully saturated rings. The van der Waals surface area contributed by atoms with Crippen molar-refractivity contribution in [2.75, 3.05) is 19.1 Å². The van der Waals surface area contributed by atoms with Crippen molar-refractivity contribution in [3.63, 3.8) is 0 Å². The van der Waals surface area contributed by atoms with E-state index in [1.807, 2.05) is 37.4 Å². The van der Waals surface area contributed by atoms with E-state index < -0.39 is 0 Å². The molecule has 1 aromatic carbocycles. The summed E-state index contributed by atoms with van der Waals surface area (Å²) in [5.74, 6) is 1.54. The molecule has 0 aliphatic heterocycles. The number of methoxy groups -OCH3 is 1. The minimum atomic E-state index is -0.115. The first kappa shape index (κ1) is 15.4. The normalized spacial score (nSPS) is 12.0. The van der Waals surface area contributed by atoms with E-state index >= 15 is 0 Å². The molecule has 6 heteroatoms. The largest absolute Gasteiger partial charge is 0.497 e. The van der Waals surface area contributed by atoms with E-state index in [9.17, 15) is 4.79 Å². The van der Waals surface area contributed by atoms with Crippen LogP contribution in [0.2, 0.25) is 0 Å². The van der Waals surface area contributed by atoms with Gasteiger partial charge in [0.05, 0.1) is 24.6 Å². The average Bonchev–Trinajstić information content (AvgIpc) is 2.97. The number of ether oxygens (including phenoxy) is 1. The van der Waals surface area contributed by atoms with E-state index in [2.05, 4.69) is 15.5 Å². The molecule has 0 bridgehead atoms. The molecule has 0 saturated heterocycles. The van der Waals surface area contributed by atoms with Gasteiger partial charge in [-0.2, -0.15) is 16.9 Å². The van der Waals surface area contributed by atoms with Crippen LogP contribution >= 0.6 is 11.8 Å². The van der Waals surface area contributed by atoms with Crippen molar-refractivity contribution in [1.82, 2.24) is 15.5 Å². The minimum Gasteiger partial charge on any atom is -0.497 e. The van der Waals surface area contributed by atoms with Gasteiger partial charge in [-0.25, -0.2) is 0 Å². The second-order valence-corrected chi connectivity index (χ2v) is 5.63. The van der Waals surface area contributed by atoms with Crippen LogP contribution in [0.5, 0.6) is 5.75 Å². The highest BCUT2D eigenvalue weighted by Gasteiger charge is 2.16. The molecule has 2 N–H and O–H groups in total. The molecule has 1 unspecified atom stereocenters. The van der Waals surface area contributed by atoms with Crippen LogP contribution in [0.3, 0.4) is 0 Å². The maximum atomic E-state index is 12.3. The van der Waals surface area contributed by atoms with Crippen LogP contribution in [-0.4, -0.2) is 41.3 Å². The highest BCUT2D eigenvalue weighted by atomic mass is 32.2. The van der Waals surface area contributed by atoms with Gasteiger partial charge in [-0.05, 0) is 37.4 Å². The Hall–Kier alpha value is -1.95. The third kappa shape index (κ3) is 3.78. The molecule has 2 aromatic rings. The molecule has 1 aromatic heterocycles. The zero-order chi connectivity index (χ0) is 15.2. The molecule has 0 saturated carbocycles. The lowest BCUT2D eigenvalue weighted by atomic mass is 10.1. The van der Waals surface area contributed by atoms with Gasteiger partial charge in [-0.3, -0.25) is 9.89 Å². The molecule has 0 aliphatic rings. The van der Waals surface area contributed by atoms with Gasteiger partial charge in [0.2, 0.25) is 0 Å². The third-order valence-corrected chi connectivity index (χ3v) is 3.89. The van der Waals surface area contributed by atoms with Crippen molar-refractivity contribution >= 4 is 17.7 Å². The summed E-state index contributed by atoms with van der Waals surface area (Å²) < 4.78 is 5.14. The maximum Gasteiger partial charge on any atom is 0.255 e. The number of aromatic amines is 1. The predicted octanol–water partition coefficient (Wildman–Crippen LogP) is 2.57. The number of aromatic nitrogens is 2. The predicted molar refractivity (Wildman–Crippen MR) is 85.9 cm³/mol. The Morgan fingerprint density at radius 2 is 2.14 bits per heavy atom. The summed E-state index contributed by atoms with van der Waals surface area (Å²) in [7, 11) is 1.62. The summed E-state index contributed by atoms with van der Waals surface area (Å²) in [5.41, 5.74) is 2.16. The lowest BCUT2D eigenvalue weighted by Crippen LogP contribution is -2.34. The van der Waals surface area contributed by atoms with Crippen LogP contribution in [0.1, 0.15) is 17.3 Å². The molecule has 112 valence electrons. The zero-order valence-electron chi connectivity index (χ0n) is 12.3. The highest BCUT2D eigenvalue weighted by Crippen LogP contribution is 2.23.